The van der Waals surface area contributed by atoms with Crippen LogP contribution in [0.4, 0.5) is 8.78 Å². The van der Waals surface area contributed by atoms with Crippen LogP contribution in [0.15, 0.2) is 12.1 Å². The molecule has 17 heavy (non-hydrogen) atoms. The van der Waals surface area contributed by atoms with Crippen molar-refractivity contribution in [2.24, 2.45) is 11.8 Å². The Morgan fingerprint density at radius 2 is 1.88 bits per heavy atom. The Labute approximate surface area is 98.5 Å². The summed E-state index contributed by atoms with van der Waals surface area (Å²) in [6.45, 7) is 3.57. The van der Waals surface area contributed by atoms with Gasteiger partial charge in [-0.1, -0.05) is 6.92 Å². The van der Waals surface area contributed by atoms with E-state index in [2.05, 4.69) is 0 Å². The number of hydrogen-bond donors (Lipinski definition) is 0. The lowest BCUT2D eigenvalue weighted by Crippen LogP contribution is -2.39. The van der Waals surface area contributed by atoms with Crippen molar-refractivity contribution in [2.75, 3.05) is 19.8 Å². The second-order valence-electron chi connectivity index (χ2n) is 4.88. The largest absolute Gasteiger partial charge is 0.490 e. The molecule has 0 spiro atoms. The normalized spacial score (nSPS) is 31.4. The zero-order valence-corrected chi connectivity index (χ0v) is 9.58. The van der Waals surface area contributed by atoms with E-state index in [0.29, 0.717) is 25.4 Å². The van der Waals surface area contributed by atoms with Crippen LogP contribution in [-0.4, -0.2) is 19.8 Å². The van der Waals surface area contributed by atoms with Crippen LogP contribution in [0, 0.1) is 23.5 Å². The van der Waals surface area contributed by atoms with Crippen LogP contribution in [0.1, 0.15) is 18.4 Å². The van der Waals surface area contributed by atoms with Gasteiger partial charge in [-0.25, -0.2) is 8.78 Å². The summed E-state index contributed by atoms with van der Waals surface area (Å²) in [7, 11) is 0. The summed E-state index contributed by atoms with van der Waals surface area (Å²) in [5.41, 5.74) is 0.400. The van der Waals surface area contributed by atoms with Gasteiger partial charge in [0.05, 0.1) is 13.2 Å². The molecule has 2 unspecified atom stereocenters. The van der Waals surface area contributed by atoms with Gasteiger partial charge in [-0.2, -0.15) is 0 Å². The average molecular weight is 240 g/mol. The lowest BCUT2D eigenvalue weighted by Gasteiger charge is -2.40. The summed E-state index contributed by atoms with van der Waals surface area (Å²) >= 11 is 0. The highest BCUT2D eigenvalue weighted by Gasteiger charge is 2.40. The van der Waals surface area contributed by atoms with E-state index in [1.54, 1.807) is 0 Å². The molecule has 0 bridgehead atoms. The summed E-state index contributed by atoms with van der Waals surface area (Å²) < 4.78 is 38.3. The summed E-state index contributed by atoms with van der Waals surface area (Å²) in [5.74, 6) is -0.429. The van der Waals surface area contributed by atoms with Crippen molar-refractivity contribution in [3.63, 3.8) is 0 Å². The molecule has 0 aromatic heterocycles. The van der Waals surface area contributed by atoms with Crippen molar-refractivity contribution in [2.45, 2.75) is 12.8 Å². The molecule has 2 nitrogen and oxygen atoms in total. The highest BCUT2D eigenvalue weighted by Crippen LogP contribution is 2.46. The van der Waals surface area contributed by atoms with Gasteiger partial charge in [0.2, 0.25) is 0 Å². The third kappa shape index (κ3) is 1.62. The molecule has 0 N–H and O–H groups in total. The number of hydrogen-bond acceptors (Lipinski definition) is 2. The Morgan fingerprint density at radius 3 is 2.71 bits per heavy atom. The van der Waals surface area contributed by atoms with E-state index in [-0.39, 0.29) is 29.3 Å². The Kier molecular flexibility index (Phi) is 2.54. The summed E-state index contributed by atoms with van der Waals surface area (Å²) in [6.07, 6.45) is 0. The van der Waals surface area contributed by atoms with Gasteiger partial charge in [-0.15, -0.1) is 0 Å². The Morgan fingerprint density at radius 1 is 1.12 bits per heavy atom. The first-order chi connectivity index (χ1) is 8.18. The maximum atomic E-state index is 13.9. The van der Waals surface area contributed by atoms with Crippen LogP contribution in [0.3, 0.4) is 0 Å². The predicted molar refractivity (Wildman–Crippen MR) is 58.1 cm³/mol. The monoisotopic (exact) mass is 240 g/mol. The second kappa shape index (κ2) is 3.95. The topological polar surface area (TPSA) is 18.5 Å². The van der Waals surface area contributed by atoms with Crippen molar-refractivity contribution >= 4 is 0 Å². The molecule has 1 aromatic rings. The Bertz CT molecular complexity index is 447. The predicted octanol–water partition coefficient (Wildman–Crippen LogP) is 2.72. The molecule has 2 heterocycles. The van der Waals surface area contributed by atoms with E-state index in [1.165, 1.54) is 6.07 Å². The molecule has 1 fully saturated rings. The minimum Gasteiger partial charge on any atom is -0.490 e. The van der Waals surface area contributed by atoms with Crippen molar-refractivity contribution in [3.8, 4) is 5.75 Å². The van der Waals surface area contributed by atoms with E-state index in [0.717, 1.165) is 6.07 Å². The minimum atomic E-state index is -0.474. The van der Waals surface area contributed by atoms with Gasteiger partial charge in [-0.3, -0.25) is 0 Å². The van der Waals surface area contributed by atoms with Gasteiger partial charge in [0, 0.05) is 24.0 Å². The fourth-order valence-electron chi connectivity index (χ4n) is 2.95. The molecule has 1 aromatic carbocycles. The number of benzene rings is 1. The Balaban J connectivity index is 2.12. The van der Waals surface area contributed by atoms with Gasteiger partial charge in [0.15, 0.2) is 11.6 Å². The van der Waals surface area contributed by atoms with E-state index in [4.69, 9.17) is 9.47 Å². The average Bonchev–Trinajstić information content (AvgIpc) is 2.33. The quantitative estimate of drug-likeness (QED) is 0.694. The van der Waals surface area contributed by atoms with Crippen molar-refractivity contribution in [1.82, 2.24) is 0 Å². The van der Waals surface area contributed by atoms with Crippen LogP contribution >= 0.6 is 0 Å². The zero-order valence-electron chi connectivity index (χ0n) is 9.58. The third-order valence-corrected chi connectivity index (χ3v) is 3.70. The van der Waals surface area contributed by atoms with Crippen LogP contribution < -0.4 is 4.74 Å². The fourth-order valence-corrected chi connectivity index (χ4v) is 2.95. The number of ether oxygens (including phenoxy) is 2. The van der Waals surface area contributed by atoms with Gasteiger partial charge in [0.25, 0.3) is 0 Å². The molecule has 0 saturated carbocycles. The number of halogens is 2. The lowest BCUT2D eigenvalue weighted by atomic mass is 9.75. The molecule has 3 atom stereocenters. The van der Waals surface area contributed by atoms with Gasteiger partial charge in [-0.05, 0) is 18.1 Å². The van der Waals surface area contributed by atoms with E-state index < -0.39 is 5.82 Å². The molecular formula is C13H14F2O2. The fraction of sp³-hybridized carbons (Fsp3) is 0.538. The molecule has 2 aliphatic heterocycles. The molecule has 2 aliphatic rings. The minimum absolute atomic E-state index is 0.00296. The maximum absolute atomic E-state index is 13.9. The SMILES string of the molecule is C[C@H]1COCC2COc3c(F)ccc(F)c3C21. The smallest absolute Gasteiger partial charge is 0.165 e. The molecule has 0 aliphatic carbocycles. The zero-order chi connectivity index (χ0) is 12.0. The first kappa shape index (κ1) is 11.0. The summed E-state index contributed by atoms with van der Waals surface area (Å²) in [5, 5.41) is 0. The molecule has 0 amide bonds. The maximum Gasteiger partial charge on any atom is 0.165 e. The Hall–Kier alpha value is -1.16. The molecule has 0 radical (unpaired) electrons. The first-order valence-electron chi connectivity index (χ1n) is 5.87. The molecule has 4 heteroatoms. The second-order valence-corrected chi connectivity index (χ2v) is 4.88. The highest BCUT2D eigenvalue weighted by molar-refractivity contribution is 5.41. The summed E-state index contributed by atoms with van der Waals surface area (Å²) in [4.78, 5) is 0. The standard InChI is InChI=1S/C13H14F2O2/c1-7-4-16-5-8-6-17-13-10(15)3-2-9(14)12(13)11(7)8/h2-3,7-8,11H,4-6H2,1H3/t7-,8?,11?/m0/s1. The van der Waals surface area contributed by atoms with Gasteiger partial charge < -0.3 is 9.47 Å². The number of fused-ring (bicyclic) bond motifs is 3. The van der Waals surface area contributed by atoms with Gasteiger partial charge >= 0.3 is 0 Å². The van der Waals surface area contributed by atoms with Crippen molar-refractivity contribution in [1.29, 1.82) is 0 Å². The van der Waals surface area contributed by atoms with Crippen LogP contribution in [0.2, 0.25) is 0 Å². The number of rotatable bonds is 0. The van der Waals surface area contributed by atoms with E-state index in [1.807, 2.05) is 6.92 Å². The summed E-state index contributed by atoms with van der Waals surface area (Å²) in [6, 6.07) is 2.31. The first-order valence-corrected chi connectivity index (χ1v) is 5.87. The van der Waals surface area contributed by atoms with Crippen LogP contribution in [-0.2, 0) is 4.74 Å². The van der Waals surface area contributed by atoms with Crippen LogP contribution in [0.5, 0.6) is 5.75 Å². The molecular weight excluding hydrogens is 226 g/mol. The van der Waals surface area contributed by atoms with E-state index in [9.17, 15) is 8.78 Å². The molecule has 92 valence electrons. The lowest BCUT2D eigenvalue weighted by molar-refractivity contribution is -0.0235. The molecule has 3 rings (SSSR count). The van der Waals surface area contributed by atoms with E-state index >= 15 is 0 Å². The molecule has 1 saturated heterocycles. The highest BCUT2D eigenvalue weighted by atomic mass is 19.1. The van der Waals surface area contributed by atoms with Crippen molar-refractivity contribution in [3.05, 3.63) is 29.3 Å². The van der Waals surface area contributed by atoms with Gasteiger partial charge in [0.1, 0.15) is 5.82 Å². The van der Waals surface area contributed by atoms with Crippen molar-refractivity contribution < 1.29 is 18.3 Å². The third-order valence-electron chi connectivity index (χ3n) is 3.70. The van der Waals surface area contributed by atoms with Crippen LogP contribution in [0.25, 0.3) is 0 Å².